The van der Waals surface area contributed by atoms with E-state index in [2.05, 4.69) is 9.80 Å². The highest BCUT2D eigenvalue weighted by molar-refractivity contribution is 5.79. The van der Waals surface area contributed by atoms with Crippen LogP contribution >= 0.6 is 0 Å². The summed E-state index contributed by atoms with van der Waals surface area (Å²) in [6.07, 6.45) is 7.89. The molecule has 4 heteroatoms. The van der Waals surface area contributed by atoms with Crippen LogP contribution in [0.15, 0.2) is 0 Å². The Morgan fingerprint density at radius 1 is 1.00 bits per heavy atom. The Bertz CT molecular complexity index is 386. The summed E-state index contributed by atoms with van der Waals surface area (Å²) < 4.78 is 5.47. The number of nitrogens with zero attached hydrogens (tertiary/aromatic N) is 2. The molecule has 21 heavy (non-hydrogen) atoms. The van der Waals surface area contributed by atoms with Gasteiger partial charge in [-0.1, -0.05) is 6.42 Å². The van der Waals surface area contributed by atoms with E-state index in [1.807, 2.05) is 0 Å². The van der Waals surface area contributed by atoms with Crippen LogP contribution in [-0.4, -0.2) is 61.1 Å². The summed E-state index contributed by atoms with van der Waals surface area (Å²) in [6.45, 7) is 5.53. The Morgan fingerprint density at radius 3 is 2.48 bits per heavy atom. The van der Waals surface area contributed by atoms with E-state index >= 15 is 0 Å². The summed E-state index contributed by atoms with van der Waals surface area (Å²) in [5.74, 6) is 2.46. The zero-order valence-corrected chi connectivity index (χ0v) is 13.0. The number of hydrogen-bond acceptors (Lipinski definition) is 3. The normalized spacial score (nSPS) is 40.7. The van der Waals surface area contributed by atoms with Crippen molar-refractivity contribution in [3.8, 4) is 0 Å². The molecule has 0 spiro atoms. The van der Waals surface area contributed by atoms with Crippen molar-refractivity contribution in [2.24, 2.45) is 17.8 Å². The van der Waals surface area contributed by atoms with Crippen LogP contribution in [-0.2, 0) is 9.53 Å². The molecule has 1 amide bonds. The molecule has 2 heterocycles. The van der Waals surface area contributed by atoms with Crippen molar-refractivity contribution in [1.82, 2.24) is 9.80 Å². The van der Waals surface area contributed by atoms with Gasteiger partial charge in [-0.2, -0.15) is 0 Å². The van der Waals surface area contributed by atoms with Gasteiger partial charge in [0.25, 0.3) is 0 Å². The van der Waals surface area contributed by atoms with E-state index < -0.39 is 0 Å². The van der Waals surface area contributed by atoms with Crippen molar-refractivity contribution in [2.75, 3.05) is 39.4 Å². The molecule has 4 atom stereocenters. The quantitative estimate of drug-likeness (QED) is 0.777. The van der Waals surface area contributed by atoms with Gasteiger partial charge in [0.2, 0.25) is 5.91 Å². The lowest BCUT2D eigenvalue weighted by atomic mass is 9.93. The fourth-order valence-electron chi connectivity index (χ4n) is 5.13. The minimum absolute atomic E-state index is 0.132. The predicted octanol–water partition coefficient (Wildman–Crippen LogP) is 1.75. The second-order valence-corrected chi connectivity index (χ2v) is 7.52. The van der Waals surface area contributed by atoms with Gasteiger partial charge in [-0.05, 0) is 43.9 Å². The standard InChI is InChI=1S/C17H28N2O2/c20-17(15-2-1-9-21-12-15)19-7-5-18(6-8-19)16-11-13-3-4-14(16)10-13/h13-16H,1-12H2. The van der Waals surface area contributed by atoms with E-state index in [1.165, 1.54) is 25.7 Å². The number of carbonyl (C=O) groups excluding carboxylic acids is 1. The molecule has 4 rings (SSSR count). The van der Waals surface area contributed by atoms with Crippen molar-refractivity contribution in [1.29, 1.82) is 0 Å². The van der Waals surface area contributed by atoms with E-state index in [-0.39, 0.29) is 5.92 Å². The van der Waals surface area contributed by atoms with Crippen LogP contribution in [0.3, 0.4) is 0 Å². The van der Waals surface area contributed by atoms with Crippen molar-refractivity contribution >= 4 is 5.91 Å². The van der Waals surface area contributed by atoms with Crippen LogP contribution in [0.2, 0.25) is 0 Å². The van der Waals surface area contributed by atoms with Gasteiger partial charge in [0, 0.05) is 38.8 Å². The number of fused-ring (bicyclic) bond motifs is 2. The molecular weight excluding hydrogens is 264 g/mol. The molecule has 0 aromatic carbocycles. The zero-order valence-electron chi connectivity index (χ0n) is 13.0. The third kappa shape index (κ3) is 2.72. The Morgan fingerprint density at radius 2 is 1.86 bits per heavy atom. The van der Waals surface area contributed by atoms with Gasteiger partial charge in [0.05, 0.1) is 12.5 Å². The van der Waals surface area contributed by atoms with Crippen molar-refractivity contribution in [3.05, 3.63) is 0 Å². The lowest BCUT2D eigenvalue weighted by Gasteiger charge is -2.42. The molecule has 2 bridgehead atoms. The van der Waals surface area contributed by atoms with Gasteiger partial charge in [0.1, 0.15) is 0 Å². The molecule has 2 aliphatic heterocycles. The van der Waals surface area contributed by atoms with Crippen LogP contribution in [0.5, 0.6) is 0 Å². The summed E-state index contributed by atoms with van der Waals surface area (Å²) in [4.78, 5) is 17.3. The predicted molar refractivity (Wildman–Crippen MR) is 80.9 cm³/mol. The van der Waals surface area contributed by atoms with E-state index in [4.69, 9.17) is 4.74 Å². The minimum Gasteiger partial charge on any atom is -0.381 e. The van der Waals surface area contributed by atoms with Gasteiger partial charge >= 0.3 is 0 Å². The third-order valence-electron chi connectivity index (χ3n) is 6.31. The Labute approximate surface area is 127 Å². The second kappa shape index (κ2) is 5.88. The molecular formula is C17H28N2O2. The highest BCUT2D eigenvalue weighted by Gasteiger charge is 2.43. The molecule has 118 valence electrons. The molecule has 2 aliphatic carbocycles. The third-order valence-corrected chi connectivity index (χ3v) is 6.31. The summed E-state index contributed by atoms with van der Waals surface area (Å²) >= 11 is 0. The second-order valence-electron chi connectivity index (χ2n) is 7.52. The highest BCUT2D eigenvalue weighted by atomic mass is 16.5. The summed E-state index contributed by atoms with van der Waals surface area (Å²) in [6, 6.07) is 0.832. The first kappa shape index (κ1) is 14.0. The van der Waals surface area contributed by atoms with Crippen LogP contribution in [0.1, 0.15) is 38.5 Å². The Hall–Kier alpha value is -0.610. The topological polar surface area (TPSA) is 32.8 Å². The first-order valence-electron chi connectivity index (χ1n) is 8.92. The molecule has 4 fully saturated rings. The largest absolute Gasteiger partial charge is 0.381 e. The van der Waals surface area contributed by atoms with Crippen LogP contribution < -0.4 is 0 Å². The van der Waals surface area contributed by atoms with Crippen LogP contribution in [0.4, 0.5) is 0 Å². The lowest BCUT2D eigenvalue weighted by molar-refractivity contribution is -0.142. The maximum Gasteiger partial charge on any atom is 0.228 e. The monoisotopic (exact) mass is 292 g/mol. The maximum atomic E-state index is 12.5. The molecule has 4 nitrogen and oxygen atoms in total. The van der Waals surface area contributed by atoms with Gasteiger partial charge < -0.3 is 9.64 Å². The van der Waals surface area contributed by atoms with Crippen molar-refractivity contribution < 1.29 is 9.53 Å². The number of amides is 1. The number of hydrogen-bond donors (Lipinski definition) is 0. The first-order chi connectivity index (χ1) is 10.3. The average molecular weight is 292 g/mol. The summed E-state index contributed by atoms with van der Waals surface area (Å²) in [7, 11) is 0. The number of ether oxygens (including phenoxy) is 1. The van der Waals surface area contributed by atoms with Crippen molar-refractivity contribution in [3.63, 3.8) is 0 Å². The SMILES string of the molecule is O=C(C1CCCOC1)N1CCN(C2CC3CCC2C3)CC1. The van der Waals surface area contributed by atoms with Gasteiger partial charge in [0.15, 0.2) is 0 Å². The van der Waals surface area contributed by atoms with Crippen LogP contribution in [0.25, 0.3) is 0 Å². The highest BCUT2D eigenvalue weighted by Crippen LogP contribution is 2.46. The molecule has 0 radical (unpaired) electrons. The minimum atomic E-state index is 0.132. The zero-order chi connectivity index (χ0) is 14.2. The number of rotatable bonds is 2. The van der Waals surface area contributed by atoms with Gasteiger partial charge in [-0.3, -0.25) is 9.69 Å². The smallest absolute Gasteiger partial charge is 0.228 e. The number of carbonyl (C=O) groups is 1. The van der Waals surface area contributed by atoms with E-state index in [0.29, 0.717) is 12.5 Å². The lowest BCUT2D eigenvalue weighted by Crippen LogP contribution is -2.54. The van der Waals surface area contributed by atoms with E-state index in [1.54, 1.807) is 0 Å². The van der Waals surface area contributed by atoms with Gasteiger partial charge in [-0.15, -0.1) is 0 Å². The molecule has 2 saturated carbocycles. The fraction of sp³-hybridized carbons (Fsp3) is 0.941. The number of piperazine rings is 1. The summed E-state index contributed by atoms with van der Waals surface area (Å²) in [5, 5.41) is 0. The molecule has 4 unspecified atom stereocenters. The average Bonchev–Trinajstić information content (AvgIpc) is 3.18. The van der Waals surface area contributed by atoms with E-state index in [0.717, 1.165) is 63.5 Å². The van der Waals surface area contributed by atoms with Crippen LogP contribution in [0, 0.1) is 17.8 Å². The van der Waals surface area contributed by atoms with Gasteiger partial charge in [-0.25, -0.2) is 0 Å². The fourth-order valence-corrected chi connectivity index (χ4v) is 5.13. The maximum absolute atomic E-state index is 12.5. The summed E-state index contributed by atoms with van der Waals surface area (Å²) in [5.41, 5.74) is 0. The first-order valence-corrected chi connectivity index (χ1v) is 8.92. The molecule has 4 aliphatic rings. The van der Waals surface area contributed by atoms with Crippen molar-refractivity contribution in [2.45, 2.75) is 44.6 Å². The Balaban J connectivity index is 1.29. The molecule has 2 saturated heterocycles. The molecule has 0 aromatic heterocycles. The molecule has 0 aromatic rings. The molecule has 0 N–H and O–H groups in total. The Kier molecular flexibility index (Phi) is 3.92. The van der Waals surface area contributed by atoms with E-state index in [9.17, 15) is 4.79 Å².